The molecule has 0 fully saturated rings. The molecule has 16 heavy (non-hydrogen) atoms. The average molecular weight is 232 g/mol. The molecule has 0 saturated heterocycles. The van der Waals surface area contributed by atoms with E-state index in [1.165, 1.54) is 7.05 Å². The molecule has 0 unspecified atom stereocenters. The number of nitrogens with one attached hydrogen (secondary N) is 1. The van der Waals surface area contributed by atoms with Gasteiger partial charge in [0.1, 0.15) is 11.7 Å². The van der Waals surface area contributed by atoms with E-state index in [0.717, 1.165) is 0 Å². The van der Waals surface area contributed by atoms with E-state index in [1.807, 2.05) is 0 Å². The quantitative estimate of drug-likeness (QED) is 0.504. The van der Waals surface area contributed by atoms with Crippen molar-refractivity contribution < 1.29 is 19.1 Å². The third-order valence-electron chi connectivity index (χ3n) is 1.61. The van der Waals surface area contributed by atoms with Gasteiger partial charge in [0.05, 0.1) is 13.2 Å². The number of ether oxygens (including phenoxy) is 2. The van der Waals surface area contributed by atoms with Crippen LogP contribution in [-0.2, 0) is 19.1 Å². The molecule has 0 aromatic rings. The standard InChI is InChI=1S/C10H20N2O4/c1-10(2,3)16-8(13)5-7(15-6-11)9(14)12-4/h7H,5-6,11H2,1-4H3,(H,12,14)/t7-/m0/s1. The van der Waals surface area contributed by atoms with Gasteiger partial charge in [0.2, 0.25) is 5.91 Å². The molecule has 0 rings (SSSR count). The molecule has 0 radical (unpaired) electrons. The zero-order chi connectivity index (χ0) is 12.8. The van der Waals surface area contributed by atoms with Crippen molar-refractivity contribution in [1.82, 2.24) is 5.32 Å². The van der Waals surface area contributed by atoms with E-state index < -0.39 is 23.6 Å². The van der Waals surface area contributed by atoms with E-state index in [4.69, 9.17) is 15.2 Å². The van der Waals surface area contributed by atoms with Crippen molar-refractivity contribution >= 4 is 11.9 Å². The molecule has 1 atom stereocenters. The maximum atomic E-state index is 11.4. The van der Waals surface area contributed by atoms with Gasteiger partial charge in [-0.3, -0.25) is 9.59 Å². The lowest BCUT2D eigenvalue weighted by Gasteiger charge is -2.21. The van der Waals surface area contributed by atoms with Gasteiger partial charge in [-0.2, -0.15) is 0 Å². The SMILES string of the molecule is CNC(=O)[C@H](CC(=O)OC(C)(C)C)OCN. The molecule has 0 aromatic heterocycles. The average Bonchev–Trinajstić information content (AvgIpc) is 2.13. The van der Waals surface area contributed by atoms with Gasteiger partial charge in [-0.05, 0) is 20.8 Å². The lowest BCUT2D eigenvalue weighted by molar-refractivity contribution is -0.160. The summed E-state index contributed by atoms with van der Waals surface area (Å²) < 4.78 is 10.0. The zero-order valence-electron chi connectivity index (χ0n) is 10.2. The van der Waals surface area contributed by atoms with Crippen molar-refractivity contribution in [2.75, 3.05) is 13.8 Å². The Hall–Kier alpha value is -1.14. The van der Waals surface area contributed by atoms with E-state index in [-0.39, 0.29) is 13.2 Å². The highest BCUT2D eigenvalue weighted by molar-refractivity contribution is 5.85. The van der Waals surface area contributed by atoms with E-state index >= 15 is 0 Å². The number of esters is 1. The number of carbonyl (C=O) groups is 2. The minimum absolute atomic E-state index is 0.124. The number of hydrogen-bond acceptors (Lipinski definition) is 5. The van der Waals surface area contributed by atoms with Gasteiger partial charge in [0, 0.05) is 7.05 Å². The first kappa shape index (κ1) is 14.9. The Morgan fingerprint density at radius 3 is 2.31 bits per heavy atom. The summed E-state index contributed by atoms with van der Waals surface area (Å²) in [5, 5.41) is 2.39. The van der Waals surface area contributed by atoms with E-state index in [2.05, 4.69) is 5.32 Å². The van der Waals surface area contributed by atoms with Crippen LogP contribution < -0.4 is 11.1 Å². The van der Waals surface area contributed by atoms with E-state index in [9.17, 15) is 9.59 Å². The van der Waals surface area contributed by atoms with Gasteiger partial charge in [-0.1, -0.05) is 0 Å². The summed E-state index contributed by atoms with van der Waals surface area (Å²) in [5.74, 6) is -0.883. The summed E-state index contributed by atoms with van der Waals surface area (Å²) in [6.45, 7) is 5.14. The smallest absolute Gasteiger partial charge is 0.309 e. The molecule has 6 heteroatoms. The Morgan fingerprint density at radius 2 is 1.94 bits per heavy atom. The largest absolute Gasteiger partial charge is 0.460 e. The van der Waals surface area contributed by atoms with Gasteiger partial charge < -0.3 is 20.5 Å². The maximum absolute atomic E-state index is 11.4. The van der Waals surface area contributed by atoms with Crippen molar-refractivity contribution in [3.63, 3.8) is 0 Å². The zero-order valence-corrected chi connectivity index (χ0v) is 10.2. The molecule has 0 aliphatic carbocycles. The van der Waals surface area contributed by atoms with Crippen LogP contribution in [0.25, 0.3) is 0 Å². The highest BCUT2D eigenvalue weighted by Gasteiger charge is 2.25. The molecule has 0 aliphatic rings. The van der Waals surface area contributed by atoms with Crippen LogP contribution in [0, 0.1) is 0 Å². The summed E-state index contributed by atoms with van der Waals surface area (Å²) in [7, 11) is 1.46. The second-order valence-corrected chi connectivity index (χ2v) is 4.23. The molecule has 1 amide bonds. The van der Waals surface area contributed by atoms with Crippen molar-refractivity contribution in [2.45, 2.75) is 38.9 Å². The van der Waals surface area contributed by atoms with E-state index in [0.29, 0.717) is 0 Å². The molecule has 6 nitrogen and oxygen atoms in total. The van der Waals surface area contributed by atoms with Crippen molar-refractivity contribution in [3.8, 4) is 0 Å². The lowest BCUT2D eigenvalue weighted by atomic mass is 10.2. The first-order valence-corrected chi connectivity index (χ1v) is 5.05. The van der Waals surface area contributed by atoms with Crippen molar-refractivity contribution in [1.29, 1.82) is 0 Å². The maximum Gasteiger partial charge on any atom is 0.309 e. The van der Waals surface area contributed by atoms with Gasteiger partial charge >= 0.3 is 5.97 Å². The topological polar surface area (TPSA) is 90.7 Å². The Bertz CT molecular complexity index is 248. The summed E-state index contributed by atoms with van der Waals surface area (Å²) >= 11 is 0. The fourth-order valence-electron chi connectivity index (χ4n) is 1.04. The van der Waals surface area contributed by atoms with Crippen LogP contribution >= 0.6 is 0 Å². The molecule has 0 spiro atoms. The predicted molar refractivity (Wildman–Crippen MR) is 58.5 cm³/mol. The van der Waals surface area contributed by atoms with Gasteiger partial charge in [-0.25, -0.2) is 0 Å². The number of carbonyl (C=O) groups excluding carboxylic acids is 2. The molecule has 94 valence electrons. The van der Waals surface area contributed by atoms with Crippen LogP contribution in [0.5, 0.6) is 0 Å². The summed E-state index contributed by atoms with van der Waals surface area (Å²) in [4.78, 5) is 22.7. The Labute approximate surface area is 95.5 Å². The minimum atomic E-state index is -0.898. The first-order valence-electron chi connectivity index (χ1n) is 5.05. The summed E-state index contributed by atoms with van der Waals surface area (Å²) in [6.07, 6.45) is -1.04. The normalized spacial score (nSPS) is 13.1. The van der Waals surface area contributed by atoms with Crippen LogP contribution in [0.1, 0.15) is 27.2 Å². The second-order valence-electron chi connectivity index (χ2n) is 4.23. The molecule has 0 saturated carbocycles. The number of amides is 1. The van der Waals surface area contributed by atoms with Gasteiger partial charge in [0.15, 0.2) is 0 Å². The fourth-order valence-corrected chi connectivity index (χ4v) is 1.04. The van der Waals surface area contributed by atoms with Crippen LogP contribution in [-0.4, -0.2) is 37.4 Å². The van der Waals surface area contributed by atoms with Crippen molar-refractivity contribution in [2.24, 2.45) is 5.73 Å². The molecule has 3 N–H and O–H groups in total. The Morgan fingerprint density at radius 1 is 1.38 bits per heavy atom. The highest BCUT2D eigenvalue weighted by Crippen LogP contribution is 2.10. The van der Waals surface area contributed by atoms with Gasteiger partial charge in [-0.15, -0.1) is 0 Å². The predicted octanol–water partition coefficient (Wildman–Crippen LogP) is -0.234. The minimum Gasteiger partial charge on any atom is -0.460 e. The molecular formula is C10H20N2O4. The van der Waals surface area contributed by atoms with Crippen molar-refractivity contribution in [3.05, 3.63) is 0 Å². The third kappa shape index (κ3) is 6.36. The molecular weight excluding hydrogens is 212 g/mol. The molecule has 0 aromatic carbocycles. The number of likely N-dealkylation sites (N-methyl/N-ethyl adjacent to an activating group) is 1. The lowest BCUT2D eigenvalue weighted by Crippen LogP contribution is -2.38. The Balaban J connectivity index is 4.29. The third-order valence-corrected chi connectivity index (χ3v) is 1.61. The second kappa shape index (κ2) is 6.44. The number of hydrogen-bond donors (Lipinski definition) is 2. The van der Waals surface area contributed by atoms with Gasteiger partial charge in [0.25, 0.3) is 0 Å². The van der Waals surface area contributed by atoms with Crippen LogP contribution in [0.2, 0.25) is 0 Å². The number of rotatable bonds is 5. The first-order chi connectivity index (χ1) is 7.30. The highest BCUT2D eigenvalue weighted by atomic mass is 16.6. The van der Waals surface area contributed by atoms with Crippen LogP contribution in [0.4, 0.5) is 0 Å². The monoisotopic (exact) mass is 232 g/mol. The fraction of sp³-hybridized carbons (Fsp3) is 0.800. The Kier molecular flexibility index (Phi) is 5.98. The molecule has 0 heterocycles. The summed E-state index contributed by atoms with van der Waals surface area (Å²) in [6, 6.07) is 0. The molecule has 0 aliphatic heterocycles. The number of nitrogens with two attached hydrogens (primary N) is 1. The van der Waals surface area contributed by atoms with E-state index in [1.54, 1.807) is 20.8 Å². The van der Waals surface area contributed by atoms with Crippen LogP contribution in [0.15, 0.2) is 0 Å². The summed E-state index contributed by atoms with van der Waals surface area (Å²) in [5.41, 5.74) is 4.59. The van der Waals surface area contributed by atoms with Crippen LogP contribution in [0.3, 0.4) is 0 Å². The molecule has 0 bridgehead atoms.